The van der Waals surface area contributed by atoms with Gasteiger partial charge in [-0.05, 0) is 42.9 Å². The molecule has 1 amide bonds. The summed E-state index contributed by atoms with van der Waals surface area (Å²) in [5, 5.41) is 21.7. The minimum Gasteiger partial charge on any atom is -0.508 e. The van der Waals surface area contributed by atoms with E-state index in [-0.39, 0.29) is 28.4 Å². The van der Waals surface area contributed by atoms with Gasteiger partial charge in [0.1, 0.15) is 11.5 Å². The molecule has 0 aromatic heterocycles. The minimum atomic E-state index is -0.328. The van der Waals surface area contributed by atoms with Gasteiger partial charge in [0, 0.05) is 6.54 Å². The maximum Gasteiger partial charge on any atom is 0.255 e. The van der Waals surface area contributed by atoms with Crippen molar-refractivity contribution in [1.82, 2.24) is 5.32 Å². The fraction of sp³-hybridized carbons (Fsp3) is 0.500. The lowest BCUT2D eigenvalue weighted by Crippen LogP contribution is -2.30. The number of hydrogen-bond acceptors (Lipinski definition) is 3. The highest BCUT2D eigenvalue weighted by Crippen LogP contribution is 2.48. The van der Waals surface area contributed by atoms with Gasteiger partial charge in [-0.25, -0.2) is 0 Å². The van der Waals surface area contributed by atoms with Gasteiger partial charge in [0.2, 0.25) is 0 Å². The summed E-state index contributed by atoms with van der Waals surface area (Å²) in [5.41, 5.74) is 0.402. The second-order valence-electron chi connectivity index (χ2n) is 5.13. The molecule has 3 N–H and O–H groups in total. The molecule has 1 aromatic rings. The number of phenolic OH excluding ortho intramolecular Hbond substituents is 2. The molecule has 0 radical (unpaired) electrons. The third-order valence-electron chi connectivity index (χ3n) is 3.59. The van der Waals surface area contributed by atoms with Gasteiger partial charge in [-0.1, -0.05) is 13.3 Å². The molecule has 0 spiro atoms. The number of benzene rings is 1. The third-order valence-corrected chi connectivity index (χ3v) is 3.59. The number of phenols is 2. The molecule has 2 rings (SSSR count). The zero-order valence-corrected chi connectivity index (χ0v) is 10.6. The second kappa shape index (κ2) is 4.88. The Bertz CT molecular complexity index is 452. The van der Waals surface area contributed by atoms with Gasteiger partial charge < -0.3 is 15.5 Å². The first-order valence-corrected chi connectivity index (χ1v) is 6.36. The first-order valence-electron chi connectivity index (χ1n) is 6.36. The quantitative estimate of drug-likeness (QED) is 0.702. The van der Waals surface area contributed by atoms with E-state index in [2.05, 4.69) is 12.2 Å². The van der Waals surface area contributed by atoms with Crippen molar-refractivity contribution in [3.63, 3.8) is 0 Å². The van der Waals surface area contributed by atoms with Crippen LogP contribution in [0.25, 0.3) is 0 Å². The molecule has 4 nitrogen and oxygen atoms in total. The Morgan fingerprint density at radius 3 is 2.72 bits per heavy atom. The first kappa shape index (κ1) is 12.7. The summed E-state index contributed by atoms with van der Waals surface area (Å²) in [6.07, 6.45) is 4.56. The van der Waals surface area contributed by atoms with Crippen LogP contribution < -0.4 is 5.32 Å². The summed E-state index contributed by atoms with van der Waals surface area (Å²) >= 11 is 0. The fourth-order valence-electron chi connectivity index (χ4n) is 2.29. The summed E-state index contributed by atoms with van der Waals surface area (Å²) in [4.78, 5) is 11.9. The van der Waals surface area contributed by atoms with Crippen molar-refractivity contribution in [3.05, 3.63) is 23.8 Å². The third kappa shape index (κ3) is 2.75. The molecule has 1 fully saturated rings. The largest absolute Gasteiger partial charge is 0.508 e. The number of amides is 1. The van der Waals surface area contributed by atoms with Crippen molar-refractivity contribution < 1.29 is 15.0 Å². The first-order chi connectivity index (χ1) is 8.56. The smallest absolute Gasteiger partial charge is 0.255 e. The molecule has 4 heteroatoms. The van der Waals surface area contributed by atoms with E-state index in [9.17, 15) is 15.0 Å². The lowest BCUT2D eigenvalue weighted by molar-refractivity contribution is 0.0940. The highest BCUT2D eigenvalue weighted by molar-refractivity contribution is 5.97. The van der Waals surface area contributed by atoms with Gasteiger partial charge in [0.05, 0.1) is 5.56 Å². The maximum atomic E-state index is 11.9. The van der Waals surface area contributed by atoms with E-state index in [1.807, 2.05) is 0 Å². The van der Waals surface area contributed by atoms with Crippen LogP contribution >= 0.6 is 0 Å². The Kier molecular flexibility index (Phi) is 3.45. The van der Waals surface area contributed by atoms with Crippen LogP contribution in [-0.4, -0.2) is 22.7 Å². The Labute approximate surface area is 107 Å². The molecular weight excluding hydrogens is 230 g/mol. The Morgan fingerprint density at radius 2 is 2.11 bits per heavy atom. The number of hydrogen-bond donors (Lipinski definition) is 3. The van der Waals surface area contributed by atoms with Crippen LogP contribution in [0.2, 0.25) is 0 Å². The van der Waals surface area contributed by atoms with Crippen molar-refractivity contribution in [2.75, 3.05) is 6.54 Å². The lowest BCUT2D eigenvalue weighted by Gasteiger charge is -2.15. The van der Waals surface area contributed by atoms with Gasteiger partial charge in [0.15, 0.2) is 0 Å². The molecule has 0 heterocycles. The van der Waals surface area contributed by atoms with Crippen LogP contribution in [-0.2, 0) is 0 Å². The SMILES string of the molecule is CCCC1(CNC(=O)c2cc(O)ccc2O)CC1. The van der Waals surface area contributed by atoms with Crippen molar-refractivity contribution in [2.24, 2.45) is 5.41 Å². The molecule has 1 saturated carbocycles. The van der Waals surface area contributed by atoms with Gasteiger partial charge in [-0.3, -0.25) is 4.79 Å². The highest BCUT2D eigenvalue weighted by Gasteiger charge is 2.41. The molecule has 0 atom stereocenters. The molecule has 1 aliphatic carbocycles. The predicted molar refractivity (Wildman–Crippen MR) is 68.7 cm³/mol. The monoisotopic (exact) mass is 249 g/mol. The molecule has 1 aromatic carbocycles. The number of carbonyl (C=O) groups is 1. The standard InChI is InChI=1S/C14H19NO3/c1-2-5-14(6-7-14)9-15-13(18)11-8-10(16)3-4-12(11)17/h3-4,8,16-17H,2,5-7,9H2,1H3,(H,15,18). The maximum absolute atomic E-state index is 11.9. The summed E-state index contributed by atoms with van der Waals surface area (Å²) in [5.74, 6) is -0.455. The topological polar surface area (TPSA) is 69.6 Å². The number of aromatic hydroxyl groups is 2. The number of nitrogens with one attached hydrogen (secondary N) is 1. The molecular formula is C14H19NO3. The van der Waals surface area contributed by atoms with Crippen molar-refractivity contribution in [2.45, 2.75) is 32.6 Å². The molecule has 0 bridgehead atoms. The molecule has 1 aliphatic rings. The number of rotatable bonds is 5. The van der Waals surface area contributed by atoms with Crippen molar-refractivity contribution in [1.29, 1.82) is 0 Å². The van der Waals surface area contributed by atoms with E-state index in [4.69, 9.17) is 0 Å². The van der Waals surface area contributed by atoms with Crippen LogP contribution in [0.4, 0.5) is 0 Å². The molecule has 0 aliphatic heterocycles. The van der Waals surface area contributed by atoms with E-state index in [1.165, 1.54) is 18.2 Å². The summed E-state index contributed by atoms with van der Waals surface area (Å²) in [7, 11) is 0. The van der Waals surface area contributed by atoms with Crippen LogP contribution in [0.3, 0.4) is 0 Å². The predicted octanol–water partition coefficient (Wildman–Crippen LogP) is 2.41. The van der Waals surface area contributed by atoms with Gasteiger partial charge >= 0.3 is 0 Å². The van der Waals surface area contributed by atoms with Crippen LogP contribution in [0, 0.1) is 5.41 Å². The Morgan fingerprint density at radius 1 is 1.39 bits per heavy atom. The van der Waals surface area contributed by atoms with Gasteiger partial charge in [-0.15, -0.1) is 0 Å². The highest BCUT2D eigenvalue weighted by atomic mass is 16.3. The molecule has 0 saturated heterocycles. The van der Waals surface area contributed by atoms with Gasteiger partial charge in [0.25, 0.3) is 5.91 Å². The lowest BCUT2D eigenvalue weighted by atomic mass is 10.0. The fourth-order valence-corrected chi connectivity index (χ4v) is 2.29. The summed E-state index contributed by atoms with van der Waals surface area (Å²) in [6.45, 7) is 2.79. The zero-order chi connectivity index (χ0) is 13.2. The Hall–Kier alpha value is -1.71. The minimum absolute atomic E-state index is 0.0207. The Balaban J connectivity index is 1.98. The summed E-state index contributed by atoms with van der Waals surface area (Å²) < 4.78 is 0. The van der Waals surface area contributed by atoms with Crippen molar-refractivity contribution >= 4 is 5.91 Å². The van der Waals surface area contributed by atoms with E-state index < -0.39 is 0 Å². The van der Waals surface area contributed by atoms with Crippen LogP contribution in [0.5, 0.6) is 11.5 Å². The molecule has 18 heavy (non-hydrogen) atoms. The van der Waals surface area contributed by atoms with Crippen LogP contribution in [0.15, 0.2) is 18.2 Å². The van der Waals surface area contributed by atoms with Gasteiger partial charge in [-0.2, -0.15) is 0 Å². The van der Waals surface area contributed by atoms with Crippen molar-refractivity contribution in [3.8, 4) is 11.5 Å². The van der Waals surface area contributed by atoms with E-state index >= 15 is 0 Å². The van der Waals surface area contributed by atoms with Crippen LogP contribution in [0.1, 0.15) is 43.0 Å². The summed E-state index contributed by atoms with van der Waals surface area (Å²) in [6, 6.07) is 3.96. The van der Waals surface area contributed by atoms with E-state index in [0.29, 0.717) is 6.54 Å². The average Bonchev–Trinajstić information content (AvgIpc) is 3.10. The number of carbonyl (C=O) groups excluding carboxylic acids is 1. The second-order valence-corrected chi connectivity index (χ2v) is 5.13. The van der Waals surface area contributed by atoms with E-state index in [0.717, 1.165) is 25.7 Å². The zero-order valence-electron chi connectivity index (χ0n) is 10.6. The molecule has 0 unspecified atom stereocenters. The molecule has 98 valence electrons. The normalized spacial score (nSPS) is 16.3. The van der Waals surface area contributed by atoms with E-state index in [1.54, 1.807) is 0 Å². The average molecular weight is 249 g/mol.